The topological polar surface area (TPSA) is 56.6 Å². The SMILES string of the molecule is Cc1cc(Cn2c(N3CCNCC3)nc3c(N4CCC[C@@H]4CO)cc(Cl)cc32)cc(C)c1F. The second-order valence-corrected chi connectivity index (χ2v) is 9.68. The van der Waals surface area contributed by atoms with Gasteiger partial charge in [-0.2, -0.15) is 0 Å². The molecule has 5 rings (SSSR count). The third-order valence-electron chi connectivity index (χ3n) is 6.91. The lowest BCUT2D eigenvalue weighted by atomic mass is 10.1. The van der Waals surface area contributed by atoms with Crippen LogP contribution in [0.15, 0.2) is 24.3 Å². The van der Waals surface area contributed by atoms with E-state index in [1.165, 1.54) is 0 Å². The molecule has 0 aliphatic carbocycles. The normalized spacial score (nSPS) is 19.1. The molecular formula is C25H31ClFN5O. The number of benzene rings is 2. The van der Waals surface area contributed by atoms with E-state index in [2.05, 4.69) is 19.7 Å². The van der Waals surface area contributed by atoms with Crippen molar-refractivity contribution in [3.63, 3.8) is 0 Å². The fourth-order valence-electron chi connectivity index (χ4n) is 5.29. The Bertz CT molecular complexity index is 1150. The van der Waals surface area contributed by atoms with Crippen LogP contribution in [0, 0.1) is 19.7 Å². The predicted octanol–water partition coefficient (Wildman–Crippen LogP) is 3.86. The van der Waals surface area contributed by atoms with E-state index in [-0.39, 0.29) is 18.5 Å². The number of anilines is 2. The second kappa shape index (κ2) is 9.12. The Balaban J connectivity index is 1.67. The van der Waals surface area contributed by atoms with Gasteiger partial charge in [0.25, 0.3) is 0 Å². The van der Waals surface area contributed by atoms with Crippen molar-refractivity contribution in [1.82, 2.24) is 14.9 Å². The molecule has 0 saturated carbocycles. The fourth-order valence-corrected chi connectivity index (χ4v) is 5.50. The van der Waals surface area contributed by atoms with E-state index in [0.29, 0.717) is 22.7 Å². The molecule has 0 spiro atoms. The molecule has 2 fully saturated rings. The molecule has 2 aromatic carbocycles. The molecule has 3 heterocycles. The van der Waals surface area contributed by atoms with Crippen molar-refractivity contribution in [3.8, 4) is 0 Å². The molecular weight excluding hydrogens is 441 g/mol. The number of hydrogen-bond donors (Lipinski definition) is 2. The van der Waals surface area contributed by atoms with Gasteiger partial charge in [-0.3, -0.25) is 0 Å². The van der Waals surface area contributed by atoms with Crippen molar-refractivity contribution in [3.05, 3.63) is 51.8 Å². The molecule has 6 nitrogen and oxygen atoms in total. The number of piperazine rings is 1. The van der Waals surface area contributed by atoms with Crippen LogP contribution in [0.5, 0.6) is 0 Å². The molecule has 0 amide bonds. The highest BCUT2D eigenvalue weighted by Crippen LogP contribution is 2.37. The minimum Gasteiger partial charge on any atom is -0.394 e. The summed E-state index contributed by atoms with van der Waals surface area (Å²) in [6.45, 7) is 8.77. The number of rotatable bonds is 5. The quantitative estimate of drug-likeness (QED) is 0.591. The van der Waals surface area contributed by atoms with Gasteiger partial charge in [-0.1, -0.05) is 23.7 Å². The molecule has 2 N–H and O–H groups in total. The van der Waals surface area contributed by atoms with Crippen LogP contribution < -0.4 is 15.1 Å². The molecule has 8 heteroatoms. The van der Waals surface area contributed by atoms with Crippen LogP contribution in [0.2, 0.25) is 5.02 Å². The zero-order valence-corrected chi connectivity index (χ0v) is 20.0. The van der Waals surface area contributed by atoms with E-state index >= 15 is 0 Å². The number of fused-ring (bicyclic) bond motifs is 1. The summed E-state index contributed by atoms with van der Waals surface area (Å²) in [4.78, 5) is 9.71. The maximum Gasteiger partial charge on any atom is 0.207 e. The number of aryl methyl sites for hydroxylation is 2. The highest BCUT2D eigenvalue weighted by Gasteiger charge is 2.29. The summed E-state index contributed by atoms with van der Waals surface area (Å²) in [6.07, 6.45) is 2.00. The van der Waals surface area contributed by atoms with Gasteiger partial charge in [-0.05, 0) is 55.5 Å². The van der Waals surface area contributed by atoms with Crippen LogP contribution in [0.25, 0.3) is 11.0 Å². The van der Waals surface area contributed by atoms with Crippen LogP contribution in [0.3, 0.4) is 0 Å². The molecule has 1 aromatic heterocycles. The molecule has 0 bridgehead atoms. The first-order valence-electron chi connectivity index (χ1n) is 11.7. The van der Waals surface area contributed by atoms with E-state index in [0.717, 1.165) is 73.8 Å². The van der Waals surface area contributed by atoms with Crippen molar-refractivity contribution in [2.24, 2.45) is 0 Å². The molecule has 2 saturated heterocycles. The summed E-state index contributed by atoms with van der Waals surface area (Å²) in [6, 6.07) is 7.88. The van der Waals surface area contributed by atoms with Gasteiger partial charge in [0.15, 0.2) is 0 Å². The maximum absolute atomic E-state index is 14.3. The van der Waals surface area contributed by atoms with Gasteiger partial charge in [0.2, 0.25) is 5.95 Å². The van der Waals surface area contributed by atoms with Gasteiger partial charge < -0.3 is 24.8 Å². The Morgan fingerprint density at radius 3 is 2.55 bits per heavy atom. The number of aliphatic hydroxyl groups is 1. The summed E-state index contributed by atoms with van der Waals surface area (Å²) in [5, 5.41) is 14.0. The Hall–Kier alpha value is -2.35. The smallest absolute Gasteiger partial charge is 0.207 e. The van der Waals surface area contributed by atoms with Gasteiger partial charge in [0.05, 0.1) is 30.4 Å². The monoisotopic (exact) mass is 471 g/mol. The molecule has 2 aliphatic rings. The van der Waals surface area contributed by atoms with Crippen molar-refractivity contribution in [1.29, 1.82) is 0 Å². The standard InChI is InChI=1S/C25H31ClFN5O/c1-16-10-18(11-17(2)23(16)27)14-32-22-13-19(26)12-21(31-7-3-4-20(31)15-33)24(22)29-25(32)30-8-5-28-6-9-30/h10-13,20,28,33H,3-9,14-15H2,1-2H3/t20-/m1/s1. The van der Waals surface area contributed by atoms with Crippen molar-refractivity contribution >= 4 is 34.3 Å². The predicted molar refractivity (Wildman–Crippen MR) is 132 cm³/mol. The lowest BCUT2D eigenvalue weighted by molar-refractivity contribution is 0.266. The van der Waals surface area contributed by atoms with Gasteiger partial charge >= 0.3 is 0 Å². The average molecular weight is 472 g/mol. The Morgan fingerprint density at radius 1 is 1.12 bits per heavy atom. The number of nitrogens with zero attached hydrogens (tertiary/aromatic N) is 4. The number of halogens is 2. The summed E-state index contributed by atoms with van der Waals surface area (Å²) >= 11 is 6.63. The van der Waals surface area contributed by atoms with E-state index in [1.54, 1.807) is 0 Å². The minimum atomic E-state index is -0.147. The first-order chi connectivity index (χ1) is 16.0. The molecule has 0 radical (unpaired) electrons. The number of imidazole rings is 1. The number of nitrogens with one attached hydrogen (secondary N) is 1. The van der Waals surface area contributed by atoms with E-state index < -0.39 is 0 Å². The molecule has 2 aliphatic heterocycles. The zero-order valence-electron chi connectivity index (χ0n) is 19.2. The van der Waals surface area contributed by atoms with Crippen LogP contribution in [0.1, 0.15) is 29.5 Å². The zero-order chi connectivity index (χ0) is 23.1. The highest BCUT2D eigenvalue weighted by molar-refractivity contribution is 6.31. The van der Waals surface area contributed by atoms with Gasteiger partial charge in [0, 0.05) is 37.7 Å². The number of aliphatic hydroxyl groups excluding tert-OH is 1. The highest BCUT2D eigenvalue weighted by atomic mass is 35.5. The van der Waals surface area contributed by atoms with Crippen molar-refractivity contribution in [2.45, 2.75) is 39.3 Å². The minimum absolute atomic E-state index is 0.0850. The van der Waals surface area contributed by atoms with Gasteiger partial charge in [0.1, 0.15) is 11.3 Å². The number of aromatic nitrogens is 2. The summed E-state index contributed by atoms with van der Waals surface area (Å²) in [5.74, 6) is 0.764. The first kappa shape index (κ1) is 22.4. The largest absolute Gasteiger partial charge is 0.394 e. The molecule has 3 aromatic rings. The van der Waals surface area contributed by atoms with Crippen LogP contribution in [-0.4, -0.2) is 60.0 Å². The van der Waals surface area contributed by atoms with Crippen molar-refractivity contribution in [2.75, 3.05) is 49.1 Å². The van der Waals surface area contributed by atoms with E-state index in [9.17, 15) is 9.50 Å². The summed E-state index contributed by atoms with van der Waals surface area (Å²) in [5.41, 5.74) is 5.20. The lowest BCUT2D eigenvalue weighted by Crippen LogP contribution is -2.44. The molecule has 0 unspecified atom stereocenters. The first-order valence-corrected chi connectivity index (χ1v) is 12.1. The van der Waals surface area contributed by atoms with Crippen LogP contribution in [-0.2, 0) is 6.54 Å². The lowest BCUT2D eigenvalue weighted by Gasteiger charge is -2.29. The molecule has 1 atom stereocenters. The third-order valence-corrected chi connectivity index (χ3v) is 7.13. The van der Waals surface area contributed by atoms with Gasteiger partial charge in [-0.25, -0.2) is 9.37 Å². The van der Waals surface area contributed by atoms with E-state index in [1.807, 2.05) is 38.1 Å². The summed E-state index contributed by atoms with van der Waals surface area (Å²) in [7, 11) is 0. The Labute approximate surface area is 199 Å². The van der Waals surface area contributed by atoms with Gasteiger partial charge in [-0.15, -0.1) is 0 Å². The van der Waals surface area contributed by atoms with Crippen molar-refractivity contribution < 1.29 is 9.50 Å². The molecule has 33 heavy (non-hydrogen) atoms. The van der Waals surface area contributed by atoms with Crippen LogP contribution in [0.4, 0.5) is 16.0 Å². The van der Waals surface area contributed by atoms with Crippen LogP contribution >= 0.6 is 11.6 Å². The second-order valence-electron chi connectivity index (χ2n) is 9.24. The summed E-state index contributed by atoms with van der Waals surface area (Å²) < 4.78 is 16.5. The Kier molecular flexibility index (Phi) is 6.20. The Morgan fingerprint density at radius 2 is 1.85 bits per heavy atom. The molecule has 176 valence electrons. The van der Waals surface area contributed by atoms with E-state index in [4.69, 9.17) is 16.6 Å². The third kappa shape index (κ3) is 4.18. The average Bonchev–Trinajstić information content (AvgIpc) is 3.42. The number of hydrogen-bond acceptors (Lipinski definition) is 5. The fraction of sp³-hybridized carbons (Fsp3) is 0.480. The maximum atomic E-state index is 14.3.